The maximum atomic E-state index is 10.0. The molecule has 0 fully saturated rings. The zero-order valence-electron chi connectivity index (χ0n) is 15.2. The molecule has 0 aromatic rings. The van der Waals surface area contributed by atoms with Crippen molar-refractivity contribution in [1.29, 1.82) is 0 Å². The minimum absolute atomic E-state index is 0. The van der Waals surface area contributed by atoms with E-state index < -0.39 is 11.9 Å². The standard InChI is InChI=1S/2C8H16O2.Na.H/c2*1-2-3-4-5-6-7-8(9)10;;/h2*2-7H2,1H3,(H,9,10);;/q;;+1;-1. The van der Waals surface area contributed by atoms with E-state index in [9.17, 15) is 9.59 Å². The monoisotopic (exact) mass is 312 g/mol. The summed E-state index contributed by atoms with van der Waals surface area (Å²) < 4.78 is 0. The predicted molar refractivity (Wildman–Crippen MR) is 83.1 cm³/mol. The molecule has 0 heterocycles. The molecule has 0 aliphatic heterocycles. The molecule has 0 saturated heterocycles. The average Bonchev–Trinajstić information content (AvgIpc) is 2.38. The van der Waals surface area contributed by atoms with Crippen LogP contribution in [0.4, 0.5) is 0 Å². The summed E-state index contributed by atoms with van der Waals surface area (Å²) in [5, 5.41) is 16.5. The van der Waals surface area contributed by atoms with E-state index in [1.54, 1.807) is 0 Å². The van der Waals surface area contributed by atoms with Crippen molar-refractivity contribution in [3.05, 3.63) is 0 Å². The van der Waals surface area contributed by atoms with Gasteiger partial charge >= 0.3 is 41.5 Å². The van der Waals surface area contributed by atoms with Crippen molar-refractivity contribution >= 4 is 11.9 Å². The Hall–Kier alpha value is -0.0600. The van der Waals surface area contributed by atoms with Crippen LogP contribution in [0.1, 0.15) is 92.3 Å². The summed E-state index contributed by atoms with van der Waals surface area (Å²) in [5.41, 5.74) is 0. The molecule has 0 unspecified atom stereocenters. The van der Waals surface area contributed by atoms with Gasteiger partial charge in [-0.05, 0) is 12.8 Å². The van der Waals surface area contributed by atoms with Crippen LogP contribution in [-0.2, 0) is 9.59 Å². The summed E-state index contributed by atoms with van der Waals surface area (Å²) in [5.74, 6) is -1.34. The van der Waals surface area contributed by atoms with Gasteiger partial charge in [0.1, 0.15) is 0 Å². The van der Waals surface area contributed by atoms with Crippen LogP contribution in [0.15, 0.2) is 0 Å². The molecule has 0 aliphatic rings. The van der Waals surface area contributed by atoms with Crippen LogP contribution in [0.2, 0.25) is 0 Å². The van der Waals surface area contributed by atoms with Gasteiger partial charge in [-0.25, -0.2) is 0 Å². The number of carboxylic acid groups (broad SMARTS) is 2. The molecule has 21 heavy (non-hydrogen) atoms. The molecule has 0 atom stereocenters. The predicted octanol–water partition coefficient (Wildman–Crippen LogP) is 1.98. The van der Waals surface area contributed by atoms with Crippen molar-refractivity contribution in [2.75, 3.05) is 0 Å². The Morgan fingerprint density at radius 1 is 0.667 bits per heavy atom. The maximum absolute atomic E-state index is 10.0. The van der Waals surface area contributed by atoms with Gasteiger partial charge in [-0.1, -0.05) is 65.2 Å². The second kappa shape index (κ2) is 22.2. The van der Waals surface area contributed by atoms with E-state index in [0.717, 1.165) is 25.7 Å². The van der Waals surface area contributed by atoms with Gasteiger partial charge in [0.25, 0.3) is 0 Å². The van der Waals surface area contributed by atoms with Crippen LogP contribution >= 0.6 is 0 Å². The molecule has 0 radical (unpaired) electrons. The molecule has 0 aliphatic carbocycles. The van der Waals surface area contributed by atoms with E-state index >= 15 is 0 Å². The van der Waals surface area contributed by atoms with Gasteiger partial charge in [0.2, 0.25) is 0 Å². The van der Waals surface area contributed by atoms with Crippen LogP contribution < -0.4 is 29.6 Å². The molecule has 0 spiro atoms. The summed E-state index contributed by atoms with van der Waals surface area (Å²) in [6.45, 7) is 4.30. The summed E-state index contributed by atoms with van der Waals surface area (Å²) >= 11 is 0. The fraction of sp³-hybridized carbons (Fsp3) is 0.875. The molecular weight excluding hydrogens is 279 g/mol. The number of unbranched alkanes of at least 4 members (excludes halogenated alkanes) is 8. The van der Waals surface area contributed by atoms with Crippen molar-refractivity contribution in [1.82, 2.24) is 0 Å². The van der Waals surface area contributed by atoms with E-state index in [2.05, 4.69) is 13.8 Å². The number of hydrogen-bond donors (Lipinski definition) is 2. The first kappa shape index (κ1) is 25.9. The molecule has 0 aromatic carbocycles. The van der Waals surface area contributed by atoms with Crippen molar-refractivity contribution < 1.29 is 50.8 Å². The molecule has 0 saturated carbocycles. The molecule has 2 N–H and O–H groups in total. The van der Waals surface area contributed by atoms with E-state index in [4.69, 9.17) is 10.2 Å². The minimum Gasteiger partial charge on any atom is -1.00 e. The Balaban J connectivity index is -0.000000135. The fourth-order valence-corrected chi connectivity index (χ4v) is 1.76. The first-order valence-electron chi connectivity index (χ1n) is 7.98. The topological polar surface area (TPSA) is 74.6 Å². The third kappa shape index (κ3) is 33.0. The van der Waals surface area contributed by atoms with Crippen LogP contribution in [0, 0.1) is 0 Å². The second-order valence-corrected chi connectivity index (χ2v) is 5.12. The Bertz CT molecular complexity index is 214. The van der Waals surface area contributed by atoms with Crippen molar-refractivity contribution in [3.63, 3.8) is 0 Å². The molecule has 0 aromatic heterocycles. The molecule has 5 heteroatoms. The Morgan fingerprint density at radius 2 is 0.952 bits per heavy atom. The smallest absolute Gasteiger partial charge is 1.00 e. The normalized spacial score (nSPS) is 9.24. The number of rotatable bonds is 12. The first-order chi connectivity index (χ1) is 9.54. The second-order valence-electron chi connectivity index (χ2n) is 5.12. The zero-order chi connectivity index (χ0) is 15.6. The van der Waals surface area contributed by atoms with Gasteiger partial charge in [-0.15, -0.1) is 0 Å². The number of hydrogen-bond acceptors (Lipinski definition) is 2. The van der Waals surface area contributed by atoms with Crippen molar-refractivity contribution in [3.8, 4) is 0 Å². The third-order valence-corrected chi connectivity index (χ3v) is 2.99. The fourth-order valence-electron chi connectivity index (χ4n) is 1.76. The number of carbonyl (C=O) groups is 2. The van der Waals surface area contributed by atoms with Crippen molar-refractivity contribution in [2.45, 2.75) is 90.9 Å². The van der Waals surface area contributed by atoms with Gasteiger partial charge < -0.3 is 11.6 Å². The summed E-state index contributed by atoms with van der Waals surface area (Å²) in [6, 6.07) is 0. The van der Waals surface area contributed by atoms with Gasteiger partial charge in [-0.3, -0.25) is 9.59 Å². The molecule has 0 bridgehead atoms. The van der Waals surface area contributed by atoms with Gasteiger partial charge in [-0.2, -0.15) is 0 Å². The SMILES string of the molecule is CCCCCCCC(=O)O.CCCCCCCC(=O)O.[H-].[Na+]. The van der Waals surface area contributed by atoms with E-state index in [-0.39, 0.29) is 31.0 Å². The quantitative estimate of drug-likeness (QED) is 0.427. The number of aliphatic carboxylic acids is 2. The Labute approximate surface area is 153 Å². The Kier molecular flexibility index (Phi) is 27.4. The maximum Gasteiger partial charge on any atom is 1.00 e. The van der Waals surface area contributed by atoms with Crippen LogP contribution in [0.5, 0.6) is 0 Å². The summed E-state index contributed by atoms with van der Waals surface area (Å²) in [6.07, 6.45) is 11.8. The van der Waals surface area contributed by atoms with Gasteiger partial charge in [0.15, 0.2) is 0 Å². The first-order valence-corrected chi connectivity index (χ1v) is 7.98. The van der Waals surface area contributed by atoms with E-state index in [0.29, 0.717) is 12.8 Å². The summed E-state index contributed by atoms with van der Waals surface area (Å²) in [7, 11) is 0. The van der Waals surface area contributed by atoms with Crippen molar-refractivity contribution in [2.24, 2.45) is 0 Å². The molecule has 0 rings (SSSR count). The zero-order valence-corrected chi connectivity index (χ0v) is 16.2. The number of carboxylic acids is 2. The average molecular weight is 312 g/mol. The minimum atomic E-state index is -0.670. The van der Waals surface area contributed by atoms with Gasteiger partial charge in [0.05, 0.1) is 0 Å². The third-order valence-electron chi connectivity index (χ3n) is 2.99. The molecule has 4 nitrogen and oxygen atoms in total. The van der Waals surface area contributed by atoms with Gasteiger partial charge in [0, 0.05) is 12.8 Å². The van der Waals surface area contributed by atoms with E-state index in [1.165, 1.54) is 38.5 Å². The largest absolute Gasteiger partial charge is 1.00 e. The summed E-state index contributed by atoms with van der Waals surface area (Å²) in [4.78, 5) is 20.1. The van der Waals surface area contributed by atoms with Crippen LogP contribution in [0.3, 0.4) is 0 Å². The van der Waals surface area contributed by atoms with Crippen LogP contribution in [-0.4, -0.2) is 22.2 Å². The molecular formula is C16H33NaO4. The molecule has 122 valence electrons. The Morgan fingerprint density at radius 3 is 1.19 bits per heavy atom. The molecule has 0 amide bonds. The van der Waals surface area contributed by atoms with E-state index in [1.807, 2.05) is 0 Å². The van der Waals surface area contributed by atoms with Crippen LogP contribution in [0.25, 0.3) is 0 Å².